The van der Waals surface area contributed by atoms with Gasteiger partial charge in [0.1, 0.15) is 0 Å². The Morgan fingerprint density at radius 2 is 1.78 bits per heavy atom. The highest BCUT2D eigenvalue weighted by Gasteiger charge is 2.53. The smallest absolute Gasteiger partial charge is 0.00674 e. The fourth-order valence-electron chi connectivity index (χ4n) is 4.13. The molecular weight excluding hydrogens is 218 g/mol. The lowest BCUT2D eigenvalue weighted by molar-refractivity contribution is 0.328. The number of hydrogen-bond donors (Lipinski definition) is 1. The molecule has 0 saturated heterocycles. The van der Waals surface area contributed by atoms with E-state index in [1.54, 1.807) is 0 Å². The maximum Gasteiger partial charge on any atom is 0.00674 e. The summed E-state index contributed by atoms with van der Waals surface area (Å²) in [6, 6.07) is 0.838. The van der Waals surface area contributed by atoms with Gasteiger partial charge in [0.15, 0.2) is 0 Å². The number of nitrogens with one attached hydrogen (secondary N) is 1. The molecule has 0 aromatic heterocycles. The summed E-state index contributed by atoms with van der Waals surface area (Å²) in [5.41, 5.74) is 0.782. The van der Waals surface area contributed by atoms with E-state index in [-0.39, 0.29) is 0 Å². The summed E-state index contributed by atoms with van der Waals surface area (Å²) in [6.07, 6.45) is 13.4. The van der Waals surface area contributed by atoms with Crippen LogP contribution in [-0.4, -0.2) is 12.6 Å². The van der Waals surface area contributed by atoms with E-state index in [1.165, 1.54) is 64.3 Å². The van der Waals surface area contributed by atoms with E-state index in [1.807, 2.05) is 0 Å². The molecule has 2 atom stereocenters. The Labute approximate surface area is 113 Å². The molecule has 0 amide bonds. The maximum absolute atomic E-state index is 3.95. The van der Waals surface area contributed by atoms with Gasteiger partial charge in [-0.15, -0.1) is 0 Å². The SMILES string of the molecule is CC(C)C1CCCC(NCC2(C3CC3)CC2)CC1. The third kappa shape index (κ3) is 2.92. The Morgan fingerprint density at radius 1 is 1.00 bits per heavy atom. The summed E-state index contributed by atoms with van der Waals surface area (Å²) >= 11 is 0. The van der Waals surface area contributed by atoms with Crippen molar-refractivity contribution in [2.75, 3.05) is 6.54 Å². The average molecular weight is 249 g/mol. The Bertz CT molecular complexity index is 275. The van der Waals surface area contributed by atoms with Gasteiger partial charge in [0.25, 0.3) is 0 Å². The molecule has 1 N–H and O–H groups in total. The highest BCUT2D eigenvalue weighted by Crippen LogP contribution is 2.60. The van der Waals surface area contributed by atoms with Crippen molar-refractivity contribution in [3.05, 3.63) is 0 Å². The maximum atomic E-state index is 3.95. The second-order valence-corrected chi connectivity index (χ2v) is 7.73. The number of rotatable bonds is 5. The molecule has 0 radical (unpaired) electrons. The van der Waals surface area contributed by atoms with Crippen LogP contribution in [0.1, 0.15) is 71.6 Å². The van der Waals surface area contributed by atoms with Crippen molar-refractivity contribution >= 4 is 0 Å². The minimum Gasteiger partial charge on any atom is -0.313 e. The Hall–Kier alpha value is -0.0400. The molecule has 104 valence electrons. The summed E-state index contributed by atoms with van der Waals surface area (Å²) in [7, 11) is 0. The summed E-state index contributed by atoms with van der Waals surface area (Å²) in [6.45, 7) is 6.16. The second-order valence-electron chi connectivity index (χ2n) is 7.73. The zero-order valence-corrected chi connectivity index (χ0v) is 12.4. The Morgan fingerprint density at radius 3 is 2.39 bits per heavy atom. The van der Waals surface area contributed by atoms with Crippen molar-refractivity contribution in [3.63, 3.8) is 0 Å². The Balaban J connectivity index is 1.43. The lowest BCUT2D eigenvalue weighted by Crippen LogP contribution is -2.34. The van der Waals surface area contributed by atoms with Gasteiger partial charge in [-0.1, -0.05) is 26.7 Å². The van der Waals surface area contributed by atoms with E-state index in [4.69, 9.17) is 0 Å². The van der Waals surface area contributed by atoms with Crippen LogP contribution in [0.4, 0.5) is 0 Å². The van der Waals surface area contributed by atoms with Crippen LogP contribution < -0.4 is 5.32 Å². The first-order chi connectivity index (χ1) is 8.70. The van der Waals surface area contributed by atoms with Crippen LogP contribution in [-0.2, 0) is 0 Å². The van der Waals surface area contributed by atoms with E-state index in [0.717, 1.165) is 29.2 Å². The molecule has 3 fully saturated rings. The molecule has 0 heterocycles. The number of hydrogen-bond acceptors (Lipinski definition) is 1. The summed E-state index contributed by atoms with van der Waals surface area (Å²) < 4.78 is 0. The molecule has 0 spiro atoms. The van der Waals surface area contributed by atoms with Crippen molar-refractivity contribution < 1.29 is 0 Å². The van der Waals surface area contributed by atoms with Gasteiger partial charge in [-0.05, 0) is 68.1 Å². The first-order valence-electron chi connectivity index (χ1n) is 8.43. The van der Waals surface area contributed by atoms with E-state index >= 15 is 0 Å². The third-order valence-electron chi connectivity index (χ3n) is 6.03. The summed E-state index contributed by atoms with van der Waals surface area (Å²) in [4.78, 5) is 0. The predicted octanol–water partition coefficient (Wildman–Crippen LogP) is 4.37. The molecule has 1 nitrogen and oxygen atoms in total. The second kappa shape index (κ2) is 5.15. The summed E-state index contributed by atoms with van der Waals surface area (Å²) in [5.74, 6) is 3.00. The van der Waals surface area contributed by atoms with Crippen LogP contribution in [0.3, 0.4) is 0 Å². The molecular formula is C17H31N. The van der Waals surface area contributed by atoms with E-state index in [9.17, 15) is 0 Å². The van der Waals surface area contributed by atoms with Gasteiger partial charge in [-0.2, -0.15) is 0 Å². The first kappa shape index (κ1) is 13.0. The topological polar surface area (TPSA) is 12.0 Å². The normalized spacial score (nSPS) is 35.5. The van der Waals surface area contributed by atoms with Gasteiger partial charge < -0.3 is 5.32 Å². The zero-order chi connectivity index (χ0) is 12.6. The van der Waals surface area contributed by atoms with Crippen LogP contribution in [0.15, 0.2) is 0 Å². The van der Waals surface area contributed by atoms with Gasteiger partial charge in [-0.25, -0.2) is 0 Å². The monoisotopic (exact) mass is 249 g/mol. The predicted molar refractivity (Wildman–Crippen MR) is 77.6 cm³/mol. The van der Waals surface area contributed by atoms with Crippen LogP contribution >= 0.6 is 0 Å². The van der Waals surface area contributed by atoms with Crippen LogP contribution in [0.2, 0.25) is 0 Å². The van der Waals surface area contributed by atoms with Crippen LogP contribution in [0.25, 0.3) is 0 Å². The van der Waals surface area contributed by atoms with Crippen LogP contribution in [0, 0.1) is 23.2 Å². The molecule has 3 rings (SSSR count). The van der Waals surface area contributed by atoms with Gasteiger partial charge in [-0.3, -0.25) is 0 Å². The van der Waals surface area contributed by atoms with Crippen LogP contribution in [0.5, 0.6) is 0 Å². The van der Waals surface area contributed by atoms with E-state index < -0.39 is 0 Å². The van der Waals surface area contributed by atoms with Crippen molar-refractivity contribution in [2.45, 2.75) is 77.7 Å². The van der Waals surface area contributed by atoms with Gasteiger partial charge in [0, 0.05) is 12.6 Å². The first-order valence-corrected chi connectivity index (χ1v) is 8.43. The minimum absolute atomic E-state index is 0.782. The molecule has 0 aromatic rings. The molecule has 0 bridgehead atoms. The molecule has 18 heavy (non-hydrogen) atoms. The minimum atomic E-state index is 0.782. The van der Waals surface area contributed by atoms with Gasteiger partial charge in [0.05, 0.1) is 0 Å². The van der Waals surface area contributed by atoms with Crippen molar-refractivity contribution in [1.29, 1.82) is 0 Å². The fourth-order valence-corrected chi connectivity index (χ4v) is 4.13. The largest absolute Gasteiger partial charge is 0.313 e. The molecule has 3 aliphatic rings. The van der Waals surface area contributed by atoms with Crippen molar-refractivity contribution in [2.24, 2.45) is 23.2 Å². The van der Waals surface area contributed by atoms with E-state index in [2.05, 4.69) is 19.2 Å². The molecule has 0 aliphatic heterocycles. The molecule has 3 aliphatic carbocycles. The molecule has 2 unspecified atom stereocenters. The molecule has 3 saturated carbocycles. The fraction of sp³-hybridized carbons (Fsp3) is 1.00. The highest BCUT2D eigenvalue weighted by molar-refractivity contribution is 5.05. The van der Waals surface area contributed by atoms with Gasteiger partial charge in [0.2, 0.25) is 0 Å². The van der Waals surface area contributed by atoms with Crippen molar-refractivity contribution in [1.82, 2.24) is 5.32 Å². The quantitative estimate of drug-likeness (QED) is 0.713. The molecule has 1 heteroatoms. The highest BCUT2D eigenvalue weighted by atomic mass is 14.9. The lowest BCUT2D eigenvalue weighted by Gasteiger charge is -2.22. The standard InChI is InChI=1S/C17H31N/c1-13(2)14-4-3-5-16(9-6-14)18-12-17(10-11-17)15-7-8-15/h13-16,18H,3-12H2,1-2H3. The average Bonchev–Trinajstić information content (AvgIpc) is 3.19. The Kier molecular flexibility index (Phi) is 3.71. The van der Waals surface area contributed by atoms with Crippen molar-refractivity contribution in [3.8, 4) is 0 Å². The van der Waals surface area contributed by atoms with Gasteiger partial charge >= 0.3 is 0 Å². The third-order valence-corrected chi connectivity index (χ3v) is 6.03. The lowest BCUT2D eigenvalue weighted by atomic mass is 9.89. The van der Waals surface area contributed by atoms with E-state index in [0.29, 0.717) is 0 Å². The zero-order valence-electron chi connectivity index (χ0n) is 12.4. The summed E-state index contributed by atoms with van der Waals surface area (Å²) in [5, 5.41) is 3.95. The molecule has 0 aromatic carbocycles.